The van der Waals surface area contributed by atoms with E-state index < -0.39 is 0 Å². The topological polar surface area (TPSA) is 71.1 Å². The molecule has 2 unspecified atom stereocenters. The maximum Gasteiger partial charge on any atom is 0.156 e. The van der Waals surface area contributed by atoms with E-state index in [4.69, 9.17) is 15.7 Å². The summed E-state index contributed by atoms with van der Waals surface area (Å²) in [5, 5.41) is 11.8. The van der Waals surface area contributed by atoms with Gasteiger partial charge in [0.25, 0.3) is 0 Å². The molecule has 0 aromatic heterocycles. The van der Waals surface area contributed by atoms with Gasteiger partial charge in [0.1, 0.15) is 0 Å². The van der Waals surface area contributed by atoms with Crippen LogP contribution in [0.15, 0.2) is 5.16 Å². The Balaban J connectivity index is 2.44. The Morgan fingerprint density at radius 1 is 1.62 bits per heavy atom. The number of likely N-dealkylation sites (N-methyl/N-ethyl adjacent to an activating group) is 1. The first-order chi connectivity index (χ1) is 7.69. The van der Waals surface area contributed by atoms with E-state index in [0.29, 0.717) is 6.10 Å². The third-order valence-electron chi connectivity index (χ3n) is 3.14. The lowest BCUT2D eigenvalue weighted by Gasteiger charge is -2.31. The molecule has 1 aliphatic rings. The SMILES string of the molecule is CCC(C(N)=NO)N(C)CC1CCCCO1. The normalized spacial score (nSPS) is 24.7. The van der Waals surface area contributed by atoms with Crippen molar-refractivity contribution < 1.29 is 9.94 Å². The van der Waals surface area contributed by atoms with E-state index >= 15 is 0 Å². The molecule has 94 valence electrons. The molecule has 0 bridgehead atoms. The van der Waals surface area contributed by atoms with Gasteiger partial charge in [-0.05, 0) is 32.7 Å². The summed E-state index contributed by atoms with van der Waals surface area (Å²) in [6.07, 6.45) is 4.63. The van der Waals surface area contributed by atoms with Crippen LogP contribution in [0.4, 0.5) is 0 Å². The number of ether oxygens (including phenoxy) is 1. The lowest BCUT2D eigenvalue weighted by molar-refractivity contribution is -0.00452. The highest BCUT2D eigenvalue weighted by atomic mass is 16.5. The van der Waals surface area contributed by atoms with Gasteiger partial charge < -0.3 is 15.7 Å². The van der Waals surface area contributed by atoms with Crippen molar-refractivity contribution >= 4 is 5.84 Å². The predicted octanol–water partition coefficient (Wildman–Crippen LogP) is 1.01. The molecule has 0 spiro atoms. The molecule has 2 atom stereocenters. The predicted molar refractivity (Wildman–Crippen MR) is 63.7 cm³/mol. The Bertz CT molecular complexity index is 227. The molecule has 0 radical (unpaired) electrons. The van der Waals surface area contributed by atoms with Crippen molar-refractivity contribution in [3.63, 3.8) is 0 Å². The zero-order valence-electron chi connectivity index (χ0n) is 10.2. The zero-order chi connectivity index (χ0) is 12.0. The van der Waals surface area contributed by atoms with Crippen LogP contribution in [0.1, 0.15) is 32.6 Å². The summed E-state index contributed by atoms with van der Waals surface area (Å²) in [4.78, 5) is 2.10. The first-order valence-electron chi connectivity index (χ1n) is 5.98. The molecule has 1 rings (SSSR count). The van der Waals surface area contributed by atoms with Gasteiger partial charge >= 0.3 is 0 Å². The number of rotatable bonds is 5. The van der Waals surface area contributed by atoms with E-state index in [0.717, 1.165) is 32.4 Å². The van der Waals surface area contributed by atoms with Gasteiger partial charge in [-0.2, -0.15) is 0 Å². The highest BCUT2D eigenvalue weighted by Crippen LogP contribution is 2.15. The minimum atomic E-state index is -0.00414. The van der Waals surface area contributed by atoms with E-state index in [1.54, 1.807) is 0 Å². The number of nitrogens with two attached hydrogens (primary N) is 1. The monoisotopic (exact) mass is 229 g/mol. The Hall–Kier alpha value is -0.810. The number of nitrogens with zero attached hydrogens (tertiary/aromatic N) is 2. The molecule has 1 fully saturated rings. The Morgan fingerprint density at radius 3 is 2.88 bits per heavy atom. The molecule has 5 heteroatoms. The third-order valence-corrected chi connectivity index (χ3v) is 3.14. The van der Waals surface area contributed by atoms with E-state index in [-0.39, 0.29) is 11.9 Å². The van der Waals surface area contributed by atoms with E-state index in [1.807, 2.05) is 14.0 Å². The van der Waals surface area contributed by atoms with Gasteiger partial charge in [0, 0.05) is 13.2 Å². The largest absolute Gasteiger partial charge is 0.409 e. The molecule has 0 aromatic carbocycles. The van der Waals surface area contributed by atoms with Crippen molar-refractivity contribution in [1.82, 2.24) is 4.90 Å². The quantitative estimate of drug-likeness (QED) is 0.319. The van der Waals surface area contributed by atoms with Crippen molar-refractivity contribution in [1.29, 1.82) is 0 Å². The van der Waals surface area contributed by atoms with Gasteiger partial charge in [-0.3, -0.25) is 4.90 Å². The average Bonchev–Trinajstić information content (AvgIpc) is 2.31. The van der Waals surface area contributed by atoms with Crippen molar-refractivity contribution in [2.75, 3.05) is 20.2 Å². The Kier molecular flexibility index (Phi) is 5.55. The fourth-order valence-corrected chi connectivity index (χ4v) is 2.21. The number of hydrogen-bond donors (Lipinski definition) is 2. The first kappa shape index (κ1) is 13.3. The van der Waals surface area contributed by atoms with Crippen LogP contribution in [-0.2, 0) is 4.74 Å². The number of oxime groups is 1. The summed E-state index contributed by atoms with van der Waals surface area (Å²) in [6, 6.07) is -0.00414. The van der Waals surface area contributed by atoms with Gasteiger partial charge in [-0.1, -0.05) is 12.1 Å². The third kappa shape index (κ3) is 3.64. The Morgan fingerprint density at radius 2 is 2.38 bits per heavy atom. The second-order valence-corrected chi connectivity index (χ2v) is 4.38. The van der Waals surface area contributed by atoms with Crippen LogP contribution >= 0.6 is 0 Å². The van der Waals surface area contributed by atoms with Crippen molar-refractivity contribution in [3.8, 4) is 0 Å². The summed E-state index contributed by atoms with van der Waals surface area (Å²) >= 11 is 0. The van der Waals surface area contributed by atoms with Crippen LogP contribution in [-0.4, -0.2) is 48.3 Å². The van der Waals surface area contributed by atoms with Gasteiger partial charge in [0.05, 0.1) is 12.1 Å². The fourth-order valence-electron chi connectivity index (χ4n) is 2.21. The summed E-state index contributed by atoms with van der Waals surface area (Å²) in [5.74, 6) is 0.279. The van der Waals surface area contributed by atoms with Crippen LogP contribution in [0, 0.1) is 0 Å². The summed E-state index contributed by atoms with van der Waals surface area (Å²) < 4.78 is 5.67. The summed E-state index contributed by atoms with van der Waals surface area (Å²) in [6.45, 7) is 3.73. The molecular formula is C11H23N3O2. The smallest absolute Gasteiger partial charge is 0.156 e. The molecular weight excluding hydrogens is 206 g/mol. The number of amidine groups is 1. The molecule has 1 aliphatic heterocycles. The molecule has 5 nitrogen and oxygen atoms in total. The van der Waals surface area contributed by atoms with Crippen LogP contribution < -0.4 is 5.73 Å². The minimum Gasteiger partial charge on any atom is -0.409 e. The van der Waals surface area contributed by atoms with Crippen LogP contribution in [0.2, 0.25) is 0 Å². The molecule has 16 heavy (non-hydrogen) atoms. The minimum absolute atomic E-state index is 0.00414. The fraction of sp³-hybridized carbons (Fsp3) is 0.909. The second-order valence-electron chi connectivity index (χ2n) is 4.38. The summed E-state index contributed by atoms with van der Waals surface area (Å²) in [5.41, 5.74) is 5.65. The maximum atomic E-state index is 8.70. The maximum absolute atomic E-state index is 8.70. The standard InChI is InChI=1S/C11H23N3O2/c1-3-10(11(12)13-15)14(2)8-9-6-4-5-7-16-9/h9-10,15H,3-8H2,1-2H3,(H2,12,13). The number of hydrogen-bond acceptors (Lipinski definition) is 4. The van der Waals surface area contributed by atoms with Crippen molar-refractivity contribution in [2.45, 2.75) is 44.8 Å². The lowest BCUT2D eigenvalue weighted by Crippen LogP contribution is -2.46. The highest BCUT2D eigenvalue weighted by Gasteiger charge is 2.22. The molecule has 0 amide bonds. The summed E-state index contributed by atoms with van der Waals surface area (Å²) in [7, 11) is 1.99. The first-order valence-corrected chi connectivity index (χ1v) is 5.98. The van der Waals surface area contributed by atoms with Crippen molar-refractivity contribution in [2.24, 2.45) is 10.9 Å². The van der Waals surface area contributed by atoms with Gasteiger partial charge in [-0.25, -0.2) is 0 Å². The van der Waals surface area contributed by atoms with Gasteiger partial charge in [0.15, 0.2) is 5.84 Å². The van der Waals surface area contributed by atoms with E-state index in [2.05, 4.69) is 10.1 Å². The Labute approximate surface area is 97.2 Å². The zero-order valence-corrected chi connectivity index (χ0v) is 10.2. The van der Waals surface area contributed by atoms with Crippen LogP contribution in [0.25, 0.3) is 0 Å². The van der Waals surface area contributed by atoms with Crippen molar-refractivity contribution in [3.05, 3.63) is 0 Å². The van der Waals surface area contributed by atoms with Crippen LogP contribution in [0.5, 0.6) is 0 Å². The molecule has 3 N–H and O–H groups in total. The molecule has 0 aliphatic carbocycles. The van der Waals surface area contributed by atoms with Gasteiger partial charge in [0.2, 0.25) is 0 Å². The van der Waals surface area contributed by atoms with Crippen LogP contribution in [0.3, 0.4) is 0 Å². The van der Waals surface area contributed by atoms with Gasteiger partial charge in [-0.15, -0.1) is 0 Å². The second kappa shape index (κ2) is 6.70. The molecule has 0 saturated carbocycles. The highest BCUT2D eigenvalue weighted by molar-refractivity contribution is 5.85. The lowest BCUT2D eigenvalue weighted by atomic mass is 10.1. The molecule has 1 heterocycles. The van der Waals surface area contributed by atoms with E-state index in [1.165, 1.54) is 6.42 Å². The average molecular weight is 229 g/mol. The molecule has 0 aromatic rings. The van der Waals surface area contributed by atoms with E-state index in [9.17, 15) is 0 Å². The molecule has 1 saturated heterocycles.